The molecular formula is C24H35N5O3. The highest BCUT2D eigenvalue weighted by molar-refractivity contribution is 5.78. The van der Waals surface area contributed by atoms with Gasteiger partial charge in [-0.2, -0.15) is 0 Å². The van der Waals surface area contributed by atoms with E-state index in [0.717, 1.165) is 61.9 Å². The fourth-order valence-corrected chi connectivity index (χ4v) is 4.67. The second kappa shape index (κ2) is 11.4. The summed E-state index contributed by atoms with van der Waals surface area (Å²) in [6.45, 7) is 4.83. The minimum absolute atomic E-state index is 0.0522. The van der Waals surface area contributed by atoms with Gasteiger partial charge in [0.1, 0.15) is 24.0 Å². The van der Waals surface area contributed by atoms with Crippen molar-refractivity contribution in [3.63, 3.8) is 0 Å². The molecule has 0 saturated carbocycles. The molecule has 4 rings (SSSR count). The lowest BCUT2D eigenvalue weighted by molar-refractivity contribution is -0.122. The Hall–Kier alpha value is -2.45. The van der Waals surface area contributed by atoms with Crippen LogP contribution in [-0.2, 0) is 29.0 Å². The van der Waals surface area contributed by atoms with Gasteiger partial charge in [0.15, 0.2) is 0 Å². The molecule has 1 saturated heterocycles. The highest BCUT2D eigenvalue weighted by Crippen LogP contribution is 2.27. The standard InChI is InChI=1S/C24H35N5O3/c1-31-13-14-32-21-9-5-7-19(15-21)16-25-23(30)18-28-11-6-8-20(17-28)24-27-26-22-10-3-2-4-12-29(22)24/h5,7,9,15,20H,2-4,6,8,10-14,16-18H2,1H3,(H,25,30). The lowest BCUT2D eigenvalue weighted by Gasteiger charge is -2.31. The molecule has 1 aromatic heterocycles. The van der Waals surface area contributed by atoms with Gasteiger partial charge in [0.2, 0.25) is 5.91 Å². The zero-order valence-electron chi connectivity index (χ0n) is 19.1. The smallest absolute Gasteiger partial charge is 0.234 e. The second-order valence-electron chi connectivity index (χ2n) is 8.78. The molecule has 8 nitrogen and oxygen atoms in total. The Bertz CT molecular complexity index is 884. The van der Waals surface area contributed by atoms with Crippen LogP contribution in [0, 0.1) is 0 Å². The zero-order valence-corrected chi connectivity index (χ0v) is 19.1. The van der Waals surface area contributed by atoms with Gasteiger partial charge >= 0.3 is 0 Å². The molecule has 2 aliphatic heterocycles. The number of carbonyl (C=O) groups excluding carboxylic acids is 1. The first-order valence-corrected chi connectivity index (χ1v) is 11.8. The number of methoxy groups -OCH3 is 1. The molecule has 1 amide bonds. The highest BCUT2D eigenvalue weighted by atomic mass is 16.5. The second-order valence-corrected chi connectivity index (χ2v) is 8.78. The van der Waals surface area contributed by atoms with E-state index < -0.39 is 0 Å². The van der Waals surface area contributed by atoms with Crippen molar-refractivity contribution < 1.29 is 14.3 Å². The van der Waals surface area contributed by atoms with Crippen molar-refractivity contribution in [3.8, 4) is 5.75 Å². The molecule has 8 heteroatoms. The Balaban J connectivity index is 1.27. The Morgan fingerprint density at radius 2 is 2.09 bits per heavy atom. The third kappa shape index (κ3) is 6.07. The molecule has 1 fully saturated rings. The number of carbonyl (C=O) groups is 1. The highest BCUT2D eigenvalue weighted by Gasteiger charge is 2.28. The number of amides is 1. The number of nitrogens with one attached hydrogen (secondary N) is 1. The summed E-state index contributed by atoms with van der Waals surface area (Å²) in [4.78, 5) is 14.9. The van der Waals surface area contributed by atoms with Crippen LogP contribution in [0.5, 0.6) is 5.75 Å². The summed E-state index contributed by atoms with van der Waals surface area (Å²) in [6, 6.07) is 7.82. The van der Waals surface area contributed by atoms with Gasteiger partial charge < -0.3 is 19.4 Å². The van der Waals surface area contributed by atoms with Gasteiger partial charge in [-0.1, -0.05) is 18.6 Å². The molecule has 1 atom stereocenters. The summed E-state index contributed by atoms with van der Waals surface area (Å²) < 4.78 is 13.0. The number of ether oxygens (including phenoxy) is 2. The third-order valence-electron chi connectivity index (χ3n) is 6.32. The maximum atomic E-state index is 12.6. The van der Waals surface area contributed by atoms with E-state index in [1.54, 1.807) is 7.11 Å². The van der Waals surface area contributed by atoms with E-state index in [1.165, 1.54) is 19.3 Å². The quantitative estimate of drug-likeness (QED) is 0.603. The largest absolute Gasteiger partial charge is 0.491 e. The first-order chi connectivity index (χ1) is 15.7. The Morgan fingerprint density at radius 3 is 3.00 bits per heavy atom. The Kier molecular flexibility index (Phi) is 8.12. The van der Waals surface area contributed by atoms with Crippen LogP contribution in [0.1, 0.15) is 55.2 Å². The number of benzene rings is 1. The maximum Gasteiger partial charge on any atom is 0.234 e. The summed E-state index contributed by atoms with van der Waals surface area (Å²) in [6.07, 6.45) is 6.91. The van der Waals surface area contributed by atoms with Crippen LogP contribution in [0.4, 0.5) is 0 Å². The van der Waals surface area contributed by atoms with Gasteiger partial charge in [0.05, 0.1) is 13.2 Å². The van der Waals surface area contributed by atoms with Crippen LogP contribution >= 0.6 is 0 Å². The van der Waals surface area contributed by atoms with E-state index in [0.29, 0.717) is 32.2 Å². The monoisotopic (exact) mass is 441 g/mol. The van der Waals surface area contributed by atoms with E-state index >= 15 is 0 Å². The molecule has 1 aromatic carbocycles. The number of hydrogen-bond acceptors (Lipinski definition) is 6. The molecule has 1 N–H and O–H groups in total. The lowest BCUT2D eigenvalue weighted by Crippen LogP contribution is -2.42. The van der Waals surface area contributed by atoms with Gasteiger partial charge in [-0.05, 0) is 49.9 Å². The number of piperidine rings is 1. The molecule has 1 unspecified atom stereocenters. The van der Waals surface area contributed by atoms with Crippen LogP contribution in [0.3, 0.4) is 0 Å². The molecule has 0 aliphatic carbocycles. The average Bonchev–Trinajstić information content (AvgIpc) is 3.06. The Labute approximate surface area is 190 Å². The molecule has 0 spiro atoms. The van der Waals surface area contributed by atoms with Crippen molar-refractivity contribution in [2.75, 3.05) is 40.0 Å². The zero-order chi connectivity index (χ0) is 22.2. The summed E-state index contributed by atoms with van der Waals surface area (Å²) >= 11 is 0. The third-order valence-corrected chi connectivity index (χ3v) is 6.32. The number of fused-ring (bicyclic) bond motifs is 1. The minimum Gasteiger partial charge on any atom is -0.491 e. The van der Waals surface area contributed by atoms with Gasteiger partial charge in [-0.3, -0.25) is 9.69 Å². The van der Waals surface area contributed by atoms with Crippen LogP contribution in [0.2, 0.25) is 0 Å². The SMILES string of the molecule is COCCOc1cccc(CNC(=O)CN2CCCC(c3nnc4n3CCCCC4)C2)c1. The van der Waals surface area contributed by atoms with Gasteiger partial charge in [-0.15, -0.1) is 10.2 Å². The number of hydrogen-bond donors (Lipinski definition) is 1. The van der Waals surface area contributed by atoms with E-state index in [9.17, 15) is 4.79 Å². The lowest BCUT2D eigenvalue weighted by atomic mass is 9.97. The van der Waals surface area contributed by atoms with E-state index in [1.807, 2.05) is 24.3 Å². The summed E-state index contributed by atoms with van der Waals surface area (Å²) in [5, 5.41) is 12.1. The van der Waals surface area contributed by atoms with Crippen molar-refractivity contribution in [2.45, 2.75) is 57.5 Å². The number of aromatic nitrogens is 3. The van der Waals surface area contributed by atoms with E-state index in [4.69, 9.17) is 9.47 Å². The van der Waals surface area contributed by atoms with Crippen LogP contribution in [0.25, 0.3) is 0 Å². The predicted molar refractivity (Wildman–Crippen MR) is 122 cm³/mol. The molecule has 0 radical (unpaired) electrons. The molecule has 3 heterocycles. The Morgan fingerprint density at radius 1 is 1.16 bits per heavy atom. The number of aryl methyl sites for hydroxylation is 1. The summed E-state index contributed by atoms with van der Waals surface area (Å²) in [7, 11) is 1.65. The number of nitrogens with zero attached hydrogens (tertiary/aromatic N) is 4. The normalized spacial score (nSPS) is 19.2. The maximum absolute atomic E-state index is 12.6. The fraction of sp³-hybridized carbons (Fsp3) is 0.625. The van der Waals surface area contributed by atoms with E-state index in [-0.39, 0.29) is 5.91 Å². The molecule has 2 aromatic rings. The molecule has 32 heavy (non-hydrogen) atoms. The topological polar surface area (TPSA) is 81.5 Å². The first kappa shape index (κ1) is 22.7. The molecule has 174 valence electrons. The predicted octanol–water partition coefficient (Wildman–Crippen LogP) is 2.53. The van der Waals surface area contributed by atoms with Crippen LogP contribution in [-0.4, -0.2) is 65.5 Å². The summed E-state index contributed by atoms with van der Waals surface area (Å²) in [5.41, 5.74) is 1.02. The van der Waals surface area contributed by atoms with Crippen molar-refractivity contribution in [1.29, 1.82) is 0 Å². The van der Waals surface area contributed by atoms with Gasteiger partial charge in [-0.25, -0.2) is 0 Å². The molecular weight excluding hydrogens is 406 g/mol. The van der Waals surface area contributed by atoms with Gasteiger partial charge in [0.25, 0.3) is 0 Å². The van der Waals surface area contributed by atoms with Crippen molar-refractivity contribution in [1.82, 2.24) is 25.0 Å². The van der Waals surface area contributed by atoms with E-state index in [2.05, 4.69) is 25.0 Å². The number of likely N-dealkylation sites (tertiary alicyclic amines) is 1. The molecule has 0 bridgehead atoms. The number of rotatable bonds is 9. The average molecular weight is 442 g/mol. The molecule has 2 aliphatic rings. The van der Waals surface area contributed by atoms with Crippen molar-refractivity contribution in [3.05, 3.63) is 41.5 Å². The fourth-order valence-electron chi connectivity index (χ4n) is 4.67. The van der Waals surface area contributed by atoms with Gasteiger partial charge in [0, 0.05) is 39.1 Å². The van der Waals surface area contributed by atoms with Crippen LogP contribution < -0.4 is 10.1 Å². The van der Waals surface area contributed by atoms with Crippen molar-refractivity contribution >= 4 is 5.91 Å². The minimum atomic E-state index is 0.0522. The van der Waals surface area contributed by atoms with Crippen molar-refractivity contribution in [2.24, 2.45) is 0 Å². The summed E-state index contributed by atoms with van der Waals surface area (Å²) in [5.74, 6) is 3.46. The van der Waals surface area contributed by atoms with Crippen LogP contribution in [0.15, 0.2) is 24.3 Å². The first-order valence-electron chi connectivity index (χ1n) is 11.8.